The molecule has 1 aromatic carbocycles. The predicted octanol–water partition coefficient (Wildman–Crippen LogP) is 2.60. The number of benzene rings is 1. The quantitative estimate of drug-likeness (QED) is 0.802. The number of aromatic nitrogens is 2. The van der Waals surface area contributed by atoms with Gasteiger partial charge in [0, 0.05) is 13.1 Å². The first-order chi connectivity index (χ1) is 12.1. The smallest absolute Gasteiger partial charge is 0.310 e. The first kappa shape index (κ1) is 17.2. The summed E-state index contributed by atoms with van der Waals surface area (Å²) >= 11 is 0. The van der Waals surface area contributed by atoms with Gasteiger partial charge in [-0.1, -0.05) is 18.2 Å². The fraction of sp³-hybridized carbons (Fsp3) is 0.421. The number of hydrogen-bond acceptors (Lipinski definition) is 4. The molecule has 1 fully saturated rings. The molecule has 1 aromatic heterocycles. The molecule has 0 N–H and O–H groups in total. The van der Waals surface area contributed by atoms with Gasteiger partial charge in [-0.15, -0.1) is 0 Å². The zero-order valence-electron chi connectivity index (χ0n) is 14.6. The normalized spacial score (nSPS) is 17.4. The van der Waals surface area contributed by atoms with Crippen LogP contribution in [0.3, 0.4) is 0 Å². The average Bonchev–Trinajstić information content (AvgIpc) is 3.03. The van der Waals surface area contributed by atoms with Crippen LogP contribution in [0.2, 0.25) is 0 Å². The lowest BCUT2D eigenvalue weighted by Gasteiger charge is -2.31. The van der Waals surface area contributed by atoms with Crippen LogP contribution in [0.1, 0.15) is 35.8 Å². The van der Waals surface area contributed by atoms with Crippen LogP contribution in [0.25, 0.3) is 5.69 Å². The molecule has 3 rings (SSSR count). The molecule has 0 radical (unpaired) electrons. The molecule has 2 heterocycles. The highest BCUT2D eigenvalue weighted by molar-refractivity contribution is 5.95. The van der Waals surface area contributed by atoms with E-state index < -0.39 is 0 Å². The first-order valence-electron chi connectivity index (χ1n) is 8.67. The second-order valence-corrected chi connectivity index (χ2v) is 6.23. The number of rotatable bonds is 4. The van der Waals surface area contributed by atoms with E-state index >= 15 is 0 Å². The summed E-state index contributed by atoms with van der Waals surface area (Å²) in [4.78, 5) is 26.6. The van der Waals surface area contributed by atoms with Crippen molar-refractivity contribution in [2.75, 3.05) is 19.7 Å². The second-order valence-electron chi connectivity index (χ2n) is 6.23. The number of piperidine rings is 1. The topological polar surface area (TPSA) is 64.4 Å². The van der Waals surface area contributed by atoms with E-state index in [1.807, 2.05) is 37.3 Å². The largest absolute Gasteiger partial charge is 0.466 e. The number of likely N-dealkylation sites (tertiary alicyclic amines) is 1. The predicted molar refractivity (Wildman–Crippen MR) is 93.6 cm³/mol. The zero-order chi connectivity index (χ0) is 17.8. The van der Waals surface area contributed by atoms with Crippen molar-refractivity contribution in [2.24, 2.45) is 5.92 Å². The van der Waals surface area contributed by atoms with E-state index in [1.165, 1.54) is 0 Å². The molecule has 1 aliphatic heterocycles. The molecule has 0 aliphatic carbocycles. The highest BCUT2D eigenvalue weighted by Crippen LogP contribution is 2.22. The minimum absolute atomic E-state index is 0.0753. The third kappa shape index (κ3) is 3.57. The van der Waals surface area contributed by atoms with Crippen LogP contribution < -0.4 is 0 Å². The van der Waals surface area contributed by atoms with Crippen molar-refractivity contribution in [1.82, 2.24) is 14.7 Å². The van der Waals surface area contributed by atoms with Crippen molar-refractivity contribution in [3.8, 4) is 5.69 Å². The van der Waals surface area contributed by atoms with E-state index in [-0.39, 0.29) is 17.8 Å². The van der Waals surface area contributed by atoms with E-state index in [2.05, 4.69) is 5.10 Å². The minimum Gasteiger partial charge on any atom is -0.466 e. The van der Waals surface area contributed by atoms with Crippen molar-refractivity contribution in [1.29, 1.82) is 0 Å². The molecule has 1 amide bonds. The molecular weight excluding hydrogens is 318 g/mol. The van der Waals surface area contributed by atoms with Crippen molar-refractivity contribution in [3.63, 3.8) is 0 Å². The molecule has 0 unspecified atom stereocenters. The highest BCUT2D eigenvalue weighted by Gasteiger charge is 2.31. The molecular formula is C19H23N3O3. The van der Waals surface area contributed by atoms with Crippen LogP contribution in [0, 0.1) is 12.8 Å². The van der Waals surface area contributed by atoms with Crippen LogP contribution in [0.15, 0.2) is 36.5 Å². The Morgan fingerprint density at radius 2 is 2.04 bits per heavy atom. The van der Waals surface area contributed by atoms with E-state index in [1.54, 1.807) is 22.7 Å². The molecule has 25 heavy (non-hydrogen) atoms. The van der Waals surface area contributed by atoms with Gasteiger partial charge >= 0.3 is 5.97 Å². The third-order valence-electron chi connectivity index (χ3n) is 4.57. The summed E-state index contributed by atoms with van der Waals surface area (Å²) in [5.41, 5.74) is 2.30. The van der Waals surface area contributed by atoms with Gasteiger partial charge in [0.25, 0.3) is 5.91 Å². The fourth-order valence-electron chi connectivity index (χ4n) is 3.23. The molecule has 2 aromatic rings. The van der Waals surface area contributed by atoms with Crippen LogP contribution in [-0.2, 0) is 9.53 Å². The number of esters is 1. The lowest BCUT2D eigenvalue weighted by molar-refractivity contribution is -0.149. The number of carbonyl (C=O) groups excluding carboxylic acids is 2. The maximum atomic E-state index is 12.9. The molecule has 1 atom stereocenters. The van der Waals surface area contributed by atoms with Crippen molar-refractivity contribution in [3.05, 3.63) is 47.8 Å². The summed E-state index contributed by atoms with van der Waals surface area (Å²) in [6, 6.07) is 9.72. The van der Waals surface area contributed by atoms with Gasteiger partial charge in [-0.2, -0.15) is 5.10 Å². The van der Waals surface area contributed by atoms with Crippen molar-refractivity contribution in [2.45, 2.75) is 26.7 Å². The highest BCUT2D eigenvalue weighted by atomic mass is 16.5. The lowest BCUT2D eigenvalue weighted by Crippen LogP contribution is -2.43. The Balaban J connectivity index is 1.77. The molecule has 6 heteroatoms. The van der Waals surface area contributed by atoms with Gasteiger partial charge in [0.2, 0.25) is 0 Å². The van der Waals surface area contributed by atoms with Crippen molar-refractivity contribution < 1.29 is 14.3 Å². The Hall–Kier alpha value is -2.63. The maximum absolute atomic E-state index is 12.9. The number of amides is 1. The average molecular weight is 341 g/mol. The number of ether oxygens (including phenoxy) is 1. The molecule has 1 aliphatic rings. The van der Waals surface area contributed by atoms with Gasteiger partial charge in [0.15, 0.2) is 0 Å². The Morgan fingerprint density at radius 3 is 2.76 bits per heavy atom. The lowest BCUT2D eigenvalue weighted by atomic mass is 9.97. The number of hydrogen-bond donors (Lipinski definition) is 0. The number of nitrogens with zero attached hydrogens (tertiary/aromatic N) is 3. The summed E-state index contributed by atoms with van der Waals surface area (Å²) in [5.74, 6) is -0.521. The summed E-state index contributed by atoms with van der Waals surface area (Å²) in [6.07, 6.45) is 3.19. The second kappa shape index (κ2) is 7.51. The Labute approximate surface area is 147 Å². The molecule has 0 saturated carbocycles. The monoisotopic (exact) mass is 341 g/mol. The summed E-state index contributed by atoms with van der Waals surface area (Å²) < 4.78 is 6.87. The summed E-state index contributed by atoms with van der Waals surface area (Å²) in [6.45, 7) is 5.12. The zero-order valence-corrected chi connectivity index (χ0v) is 14.6. The van der Waals surface area contributed by atoms with Gasteiger partial charge in [0.05, 0.1) is 35.7 Å². The Kier molecular flexibility index (Phi) is 5.16. The maximum Gasteiger partial charge on any atom is 0.310 e. The minimum atomic E-state index is -0.234. The third-order valence-corrected chi connectivity index (χ3v) is 4.57. The van der Waals surface area contributed by atoms with Gasteiger partial charge < -0.3 is 9.64 Å². The van der Waals surface area contributed by atoms with Crippen LogP contribution >= 0.6 is 0 Å². The van der Waals surface area contributed by atoms with Gasteiger partial charge in [-0.05, 0) is 38.8 Å². The summed E-state index contributed by atoms with van der Waals surface area (Å²) in [5, 5.41) is 4.36. The van der Waals surface area contributed by atoms with Crippen LogP contribution in [0.5, 0.6) is 0 Å². The SMILES string of the molecule is CCOC(=O)[C@@H]1CCCN(C(=O)c2cnn(-c3ccccc3)c2C)C1. The van der Waals surface area contributed by atoms with Gasteiger partial charge in [0.1, 0.15) is 0 Å². The number of carbonyl (C=O) groups is 2. The van der Waals surface area contributed by atoms with Gasteiger partial charge in [-0.25, -0.2) is 4.68 Å². The van der Waals surface area contributed by atoms with E-state index in [9.17, 15) is 9.59 Å². The van der Waals surface area contributed by atoms with Crippen molar-refractivity contribution >= 4 is 11.9 Å². The summed E-state index contributed by atoms with van der Waals surface area (Å²) in [7, 11) is 0. The number of para-hydroxylation sites is 1. The standard InChI is InChI=1S/C19H23N3O3/c1-3-25-19(24)15-8-7-11-21(13-15)18(23)17-12-20-22(14(17)2)16-9-5-4-6-10-16/h4-6,9-10,12,15H,3,7-8,11,13H2,1-2H3/t15-/m1/s1. The Morgan fingerprint density at radius 1 is 1.28 bits per heavy atom. The molecule has 0 bridgehead atoms. The first-order valence-corrected chi connectivity index (χ1v) is 8.67. The van der Waals surface area contributed by atoms with E-state index in [0.29, 0.717) is 25.3 Å². The molecule has 0 spiro atoms. The molecule has 1 saturated heterocycles. The van der Waals surface area contributed by atoms with Gasteiger partial charge in [-0.3, -0.25) is 9.59 Å². The molecule has 6 nitrogen and oxygen atoms in total. The van der Waals surface area contributed by atoms with Crippen LogP contribution in [0.4, 0.5) is 0 Å². The van der Waals surface area contributed by atoms with E-state index in [4.69, 9.17) is 4.74 Å². The molecule has 132 valence electrons. The van der Waals surface area contributed by atoms with Crippen LogP contribution in [-0.4, -0.2) is 46.3 Å². The Bertz CT molecular complexity index is 755. The fourth-order valence-corrected chi connectivity index (χ4v) is 3.23. The van der Waals surface area contributed by atoms with E-state index in [0.717, 1.165) is 24.2 Å².